The first-order chi connectivity index (χ1) is 15.8. The fourth-order valence-electron chi connectivity index (χ4n) is 4.78. The van der Waals surface area contributed by atoms with Gasteiger partial charge < -0.3 is 21.1 Å². The van der Waals surface area contributed by atoms with Crippen LogP contribution < -0.4 is 11.1 Å². The summed E-state index contributed by atoms with van der Waals surface area (Å²) in [5.74, 6) is -0.723. The van der Waals surface area contributed by atoms with E-state index in [0.29, 0.717) is 6.42 Å². The monoisotopic (exact) mass is 463 g/mol. The smallest absolute Gasteiger partial charge is 0.400 e. The lowest BCUT2D eigenvalue weighted by Crippen LogP contribution is -2.35. The van der Waals surface area contributed by atoms with E-state index in [1.54, 1.807) is 0 Å². The number of aliphatic carboxylic acids is 1. The lowest BCUT2D eigenvalue weighted by Gasteiger charge is -2.28. The second-order valence-corrected chi connectivity index (χ2v) is 8.52. The molecule has 4 rings (SSSR count). The molecular formula is C25H32F3N3O2. The molecule has 33 heavy (non-hydrogen) atoms. The molecule has 1 aliphatic heterocycles. The average Bonchev–Trinajstić information content (AvgIpc) is 2.92. The van der Waals surface area contributed by atoms with Crippen molar-refractivity contribution in [3.05, 3.63) is 59.7 Å². The highest BCUT2D eigenvalue weighted by Crippen LogP contribution is 2.51. The number of rotatable bonds is 6. The van der Waals surface area contributed by atoms with E-state index in [1.807, 2.05) is 36.4 Å². The van der Waals surface area contributed by atoms with E-state index in [4.69, 9.17) is 0 Å². The molecule has 0 aromatic heterocycles. The summed E-state index contributed by atoms with van der Waals surface area (Å²) >= 11 is 0. The van der Waals surface area contributed by atoms with Crippen LogP contribution in [0.5, 0.6) is 0 Å². The Bertz CT molecular complexity index is 880. The molecule has 0 bridgehead atoms. The molecule has 8 heteroatoms. The molecule has 1 fully saturated rings. The zero-order valence-corrected chi connectivity index (χ0v) is 18.7. The van der Waals surface area contributed by atoms with Crippen molar-refractivity contribution >= 4 is 5.97 Å². The predicted octanol–water partition coefficient (Wildman–Crippen LogP) is 4.01. The first-order valence-corrected chi connectivity index (χ1v) is 11.4. The third kappa shape index (κ3) is 5.93. The van der Waals surface area contributed by atoms with Gasteiger partial charge >= 0.3 is 12.1 Å². The highest BCUT2D eigenvalue weighted by atomic mass is 19.4. The Kier molecular flexibility index (Phi) is 8.51. The molecular weight excluding hydrogens is 431 g/mol. The molecule has 0 radical (unpaired) electrons. The lowest BCUT2D eigenvalue weighted by molar-refractivity contribution is -0.142. The number of nitrogens with one attached hydrogen (secondary N) is 1. The maximum atomic E-state index is 12.6. The Labute approximate surface area is 192 Å². The van der Waals surface area contributed by atoms with Gasteiger partial charge in [-0.3, -0.25) is 4.79 Å². The zero-order chi connectivity index (χ0) is 23.9. The molecule has 1 heterocycles. The molecule has 0 spiro atoms. The number of carboxylic acid groups (broad SMARTS) is 1. The van der Waals surface area contributed by atoms with Crippen LogP contribution in [-0.4, -0.2) is 61.4 Å². The summed E-state index contributed by atoms with van der Waals surface area (Å²) in [5.41, 5.74) is 7.34. The minimum absolute atomic E-state index is 0.655. The average molecular weight is 464 g/mol. The quantitative estimate of drug-likeness (QED) is 0.565. The van der Waals surface area contributed by atoms with Gasteiger partial charge in [0.05, 0.1) is 6.54 Å². The fraction of sp³-hybridized carbons (Fsp3) is 0.480. The van der Waals surface area contributed by atoms with Crippen LogP contribution in [0, 0.1) is 0 Å². The van der Waals surface area contributed by atoms with Gasteiger partial charge in [0.15, 0.2) is 0 Å². The topological polar surface area (TPSA) is 78.6 Å². The largest absolute Gasteiger partial charge is 0.480 e. The first-order valence-electron chi connectivity index (χ1n) is 11.4. The van der Waals surface area contributed by atoms with Crippen molar-refractivity contribution in [2.75, 3.05) is 39.3 Å². The molecule has 180 valence electrons. The summed E-state index contributed by atoms with van der Waals surface area (Å²) in [6, 6.07) is 16.1. The molecule has 4 N–H and O–H groups in total. The standard InChI is InChI=1S/C23H28N2O2.C2H4F3N/c26-22(27)23(12-5-6-15-25-16-7-13-24-14-17-25)20-10-3-1-8-18(20)19-9-2-4-11-21(19)23;3-2(4,5)1-6/h1-4,8-11,24H,5-7,12-17H2,(H,26,27);1,6H2. The highest BCUT2D eigenvalue weighted by molar-refractivity contribution is 5.97. The van der Waals surface area contributed by atoms with Crippen LogP contribution in [0.2, 0.25) is 0 Å². The van der Waals surface area contributed by atoms with Gasteiger partial charge in [-0.25, -0.2) is 0 Å². The van der Waals surface area contributed by atoms with Crippen LogP contribution >= 0.6 is 0 Å². The number of nitrogens with two attached hydrogens (primary N) is 1. The Morgan fingerprint density at radius 3 is 2.12 bits per heavy atom. The van der Waals surface area contributed by atoms with Gasteiger partial charge in [0, 0.05) is 13.1 Å². The summed E-state index contributed by atoms with van der Waals surface area (Å²) in [5, 5.41) is 13.8. The zero-order valence-electron chi connectivity index (χ0n) is 18.7. The van der Waals surface area contributed by atoms with Crippen LogP contribution in [-0.2, 0) is 10.2 Å². The maximum Gasteiger partial charge on any atom is 0.400 e. The van der Waals surface area contributed by atoms with Crippen LogP contribution in [0.25, 0.3) is 11.1 Å². The molecule has 2 aromatic rings. The third-order valence-electron chi connectivity index (χ3n) is 6.37. The van der Waals surface area contributed by atoms with Gasteiger partial charge in [0.25, 0.3) is 0 Å². The summed E-state index contributed by atoms with van der Waals surface area (Å²) in [6.45, 7) is 4.22. The van der Waals surface area contributed by atoms with E-state index in [0.717, 1.165) is 67.8 Å². The summed E-state index contributed by atoms with van der Waals surface area (Å²) in [7, 11) is 0. The molecule has 0 atom stereocenters. The normalized spacial score (nSPS) is 17.3. The van der Waals surface area contributed by atoms with Crippen molar-refractivity contribution in [2.45, 2.75) is 37.3 Å². The van der Waals surface area contributed by atoms with E-state index in [1.165, 1.54) is 6.42 Å². The van der Waals surface area contributed by atoms with Gasteiger partial charge in [0.2, 0.25) is 0 Å². The minimum Gasteiger partial charge on any atom is -0.480 e. The number of carbonyl (C=O) groups is 1. The van der Waals surface area contributed by atoms with Crippen LogP contribution in [0.3, 0.4) is 0 Å². The Morgan fingerprint density at radius 1 is 1.00 bits per heavy atom. The summed E-state index contributed by atoms with van der Waals surface area (Å²) in [6.07, 6.45) is -0.374. The van der Waals surface area contributed by atoms with Gasteiger partial charge in [0.1, 0.15) is 5.41 Å². The first kappa shape index (κ1) is 25.2. The van der Waals surface area contributed by atoms with E-state index in [-0.39, 0.29) is 0 Å². The highest BCUT2D eigenvalue weighted by Gasteiger charge is 2.48. The molecule has 0 unspecified atom stereocenters. The van der Waals surface area contributed by atoms with E-state index < -0.39 is 24.1 Å². The molecule has 2 aliphatic rings. The van der Waals surface area contributed by atoms with Gasteiger partial charge in [-0.1, -0.05) is 55.0 Å². The molecule has 5 nitrogen and oxygen atoms in total. The van der Waals surface area contributed by atoms with Gasteiger partial charge in [-0.2, -0.15) is 13.2 Å². The number of alkyl halides is 3. The van der Waals surface area contributed by atoms with Crippen LogP contribution in [0.15, 0.2) is 48.5 Å². The number of unbranched alkanes of at least 4 members (excludes halogenated alkanes) is 1. The van der Waals surface area contributed by atoms with Crippen LogP contribution in [0.4, 0.5) is 13.2 Å². The summed E-state index contributed by atoms with van der Waals surface area (Å²) in [4.78, 5) is 15.1. The third-order valence-corrected chi connectivity index (χ3v) is 6.37. The molecule has 0 amide bonds. The maximum absolute atomic E-state index is 12.6. The van der Waals surface area contributed by atoms with Crippen molar-refractivity contribution in [2.24, 2.45) is 5.73 Å². The van der Waals surface area contributed by atoms with Crippen molar-refractivity contribution in [1.29, 1.82) is 0 Å². The fourth-order valence-corrected chi connectivity index (χ4v) is 4.78. The number of benzene rings is 2. The molecule has 1 saturated heterocycles. The predicted molar refractivity (Wildman–Crippen MR) is 123 cm³/mol. The van der Waals surface area contributed by atoms with Crippen LogP contribution in [0.1, 0.15) is 36.8 Å². The van der Waals surface area contributed by atoms with Crippen molar-refractivity contribution in [1.82, 2.24) is 10.2 Å². The Balaban J connectivity index is 0.000000454. The second-order valence-electron chi connectivity index (χ2n) is 8.52. The summed E-state index contributed by atoms with van der Waals surface area (Å²) < 4.78 is 32.0. The van der Waals surface area contributed by atoms with E-state index in [2.05, 4.69) is 28.1 Å². The molecule has 0 saturated carbocycles. The van der Waals surface area contributed by atoms with E-state index in [9.17, 15) is 23.1 Å². The molecule has 1 aliphatic carbocycles. The number of fused-ring (bicyclic) bond motifs is 3. The lowest BCUT2D eigenvalue weighted by atomic mass is 9.74. The number of carboxylic acids is 1. The number of halogens is 3. The van der Waals surface area contributed by atoms with Crippen molar-refractivity contribution in [3.8, 4) is 11.1 Å². The Hall–Kier alpha value is -2.42. The minimum atomic E-state index is -4.18. The SMILES string of the molecule is NCC(F)(F)F.O=C(O)C1(CCCCN2CCCNCC2)c2ccccc2-c2ccccc21. The number of hydrogen-bond acceptors (Lipinski definition) is 4. The van der Waals surface area contributed by atoms with Crippen molar-refractivity contribution in [3.63, 3.8) is 0 Å². The van der Waals surface area contributed by atoms with E-state index >= 15 is 0 Å². The van der Waals surface area contributed by atoms with Gasteiger partial charge in [-0.05, 0) is 61.2 Å². The van der Waals surface area contributed by atoms with Gasteiger partial charge in [-0.15, -0.1) is 0 Å². The molecule has 2 aromatic carbocycles. The van der Waals surface area contributed by atoms with Crippen molar-refractivity contribution < 1.29 is 23.1 Å². The number of hydrogen-bond donors (Lipinski definition) is 3. The Morgan fingerprint density at radius 2 is 1.58 bits per heavy atom. The second kappa shape index (κ2) is 11.1. The number of nitrogens with zero attached hydrogens (tertiary/aromatic N) is 1.